The molecule has 0 atom stereocenters. The lowest BCUT2D eigenvalue weighted by Crippen LogP contribution is -2.23. The summed E-state index contributed by atoms with van der Waals surface area (Å²) in [4.78, 5) is 0. The molecule has 1 aromatic rings. The summed E-state index contributed by atoms with van der Waals surface area (Å²) in [6.45, 7) is 4.05. The average Bonchev–Trinajstić information content (AvgIpc) is 2.53. The third kappa shape index (κ3) is 2.86. The average molecular weight is 215 g/mol. The molecule has 1 N–H and O–H groups in total. The Balaban J connectivity index is 0.000000980. The molecule has 1 aromatic heterocycles. The van der Waals surface area contributed by atoms with Gasteiger partial charge in [0.05, 0.1) is 5.69 Å². The molecule has 2 rings (SSSR count). The van der Waals surface area contributed by atoms with Crippen LogP contribution in [0.4, 0.5) is 0 Å². The molecule has 0 aromatic carbocycles. The van der Waals surface area contributed by atoms with E-state index in [1.807, 2.05) is 13.0 Å². The van der Waals surface area contributed by atoms with Crippen molar-refractivity contribution in [1.29, 1.82) is 0 Å². The summed E-state index contributed by atoms with van der Waals surface area (Å²) in [5.41, 5.74) is 2.35. The topological polar surface area (TPSA) is 38.1 Å². The summed E-state index contributed by atoms with van der Waals surface area (Å²) in [7, 11) is 0. The minimum atomic E-state index is 0. The summed E-state index contributed by atoms with van der Waals surface area (Å²) in [6, 6.07) is 1.96. The Morgan fingerprint density at radius 3 is 3.00 bits per heavy atom. The molecule has 0 unspecified atom stereocenters. The smallest absolute Gasteiger partial charge is 0.159 e. The van der Waals surface area contributed by atoms with E-state index in [4.69, 9.17) is 4.52 Å². The minimum Gasteiger partial charge on any atom is -0.357 e. The van der Waals surface area contributed by atoms with Gasteiger partial charge in [-0.05, 0) is 32.4 Å². The number of halogens is 1. The molecule has 1 saturated heterocycles. The van der Waals surface area contributed by atoms with Crippen LogP contribution in [-0.2, 0) is 0 Å². The third-order valence-electron chi connectivity index (χ3n) is 2.20. The van der Waals surface area contributed by atoms with Gasteiger partial charge in [0.15, 0.2) is 5.76 Å². The molecule has 4 heteroatoms. The van der Waals surface area contributed by atoms with Gasteiger partial charge < -0.3 is 9.84 Å². The van der Waals surface area contributed by atoms with Gasteiger partial charge in [-0.25, -0.2) is 0 Å². The van der Waals surface area contributed by atoms with E-state index in [0.29, 0.717) is 0 Å². The van der Waals surface area contributed by atoms with Gasteiger partial charge in [0, 0.05) is 12.6 Å². The maximum absolute atomic E-state index is 5.11. The van der Waals surface area contributed by atoms with Gasteiger partial charge in [0.1, 0.15) is 0 Å². The SMILES string of the molecule is Cc1cc(/C=C2\CCCNC2)on1.Cl. The van der Waals surface area contributed by atoms with Crippen LogP contribution in [0.5, 0.6) is 0 Å². The van der Waals surface area contributed by atoms with Crippen LogP contribution in [0.2, 0.25) is 0 Å². The highest BCUT2D eigenvalue weighted by atomic mass is 35.5. The fourth-order valence-electron chi connectivity index (χ4n) is 1.55. The van der Waals surface area contributed by atoms with E-state index in [9.17, 15) is 0 Å². The van der Waals surface area contributed by atoms with Gasteiger partial charge in [0.2, 0.25) is 0 Å². The predicted molar refractivity (Wildman–Crippen MR) is 58.6 cm³/mol. The zero-order valence-corrected chi connectivity index (χ0v) is 9.06. The van der Waals surface area contributed by atoms with E-state index in [1.54, 1.807) is 0 Å². The molecule has 78 valence electrons. The second-order valence-electron chi connectivity index (χ2n) is 3.45. The molecule has 1 aliphatic rings. The fraction of sp³-hybridized carbons (Fsp3) is 0.500. The predicted octanol–water partition coefficient (Wildman–Crippen LogP) is 2.17. The summed E-state index contributed by atoms with van der Waals surface area (Å²) in [5.74, 6) is 0.871. The summed E-state index contributed by atoms with van der Waals surface area (Å²) in [5, 5.41) is 7.17. The van der Waals surface area contributed by atoms with Crippen LogP contribution in [-0.4, -0.2) is 18.2 Å². The van der Waals surface area contributed by atoms with Crippen LogP contribution < -0.4 is 5.32 Å². The Labute approximate surface area is 90.0 Å². The largest absolute Gasteiger partial charge is 0.357 e. The van der Waals surface area contributed by atoms with Crippen molar-refractivity contribution in [1.82, 2.24) is 10.5 Å². The van der Waals surface area contributed by atoms with Crippen molar-refractivity contribution in [2.75, 3.05) is 13.1 Å². The van der Waals surface area contributed by atoms with Gasteiger partial charge in [-0.15, -0.1) is 12.4 Å². The maximum atomic E-state index is 5.11. The van der Waals surface area contributed by atoms with E-state index in [-0.39, 0.29) is 12.4 Å². The summed E-state index contributed by atoms with van der Waals surface area (Å²) < 4.78 is 5.11. The van der Waals surface area contributed by atoms with Gasteiger partial charge in [-0.3, -0.25) is 0 Å². The lowest BCUT2D eigenvalue weighted by atomic mass is 10.1. The van der Waals surface area contributed by atoms with Crippen molar-refractivity contribution in [3.8, 4) is 0 Å². The molecule has 1 fully saturated rings. The quantitative estimate of drug-likeness (QED) is 0.779. The van der Waals surface area contributed by atoms with E-state index < -0.39 is 0 Å². The normalized spacial score (nSPS) is 19.4. The zero-order valence-electron chi connectivity index (χ0n) is 8.25. The number of aromatic nitrogens is 1. The van der Waals surface area contributed by atoms with E-state index >= 15 is 0 Å². The van der Waals surface area contributed by atoms with Crippen molar-refractivity contribution >= 4 is 18.5 Å². The van der Waals surface area contributed by atoms with Crippen LogP contribution in [0.1, 0.15) is 24.3 Å². The Hall–Kier alpha value is -0.800. The molecule has 0 amide bonds. The van der Waals surface area contributed by atoms with Crippen LogP contribution in [0.3, 0.4) is 0 Å². The second-order valence-corrected chi connectivity index (χ2v) is 3.45. The Morgan fingerprint density at radius 2 is 2.43 bits per heavy atom. The van der Waals surface area contributed by atoms with Gasteiger partial charge in [0.25, 0.3) is 0 Å². The zero-order chi connectivity index (χ0) is 9.10. The molecule has 14 heavy (non-hydrogen) atoms. The first kappa shape index (κ1) is 11.3. The molecule has 3 nitrogen and oxygen atoms in total. The van der Waals surface area contributed by atoms with Crippen LogP contribution in [0.25, 0.3) is 6.08 Å². The first-order valence-corrected chi connectivity index (χ1v) is 4.68. The van der Waals surface area contributed by atoms with Crippen molar-refractivity contribution in [2.24, 2.45) is 0 Å². The number of rotatable bonds is 1. The third-order valence-corrected chi connectivity index (χ3v) is 2.20. The Kier molecular flexibility index (Phi) is 4.17. The van der Waals surface area contributed by atoms with Crippen molar-refractivity contribution in [3.05, 3.63) is 23.1 Å². The number of nitrogens with one attached hydrogen (secondary N) is 1. The lowest BCUT2D eigenvalue weighted by Gasteiger charge is -2.14. The molecular formula is C10H15ClN2O. The van der Waals surface area contributed by atoms with Crippen LogP contribution in [0.15, 0.2) is 16.2 Å². The first-order valence-electron chi connectivity index (χ1n) is 4.68. The fourth-order valence-corrected chi connectivity index (χ4v) is 1.55. The highest BCUT2D eigenvalue weighted by molar-refractivity contribution is 5.85. The van der Waals surface area contributed by atoms with E-state index in [0.717, 1.165) is 24.5 Å². The summed E-state index contributed by atoms with van der Waals surface area (Å²) in [6.07, 6.45) is 4.48. The molecule has 0 spiro atoms. The van der Waals surface area contributed by atoms with Gasteiger partial charge in [-0.2, -0.15) is 0 Å². The maximum Gasteiger partial charge on any atom is 0.159 e. The van der Waals surface area contributed by atoms with Crippen molar-refractivity contribution in [3.63, 3.8) is 0 Å². The molecule has 0 bridgehead atoms. The molecule has 0 aliphatic carbocycles. The van der Waals surface area contributed by atoms with Gasteiger partial charge >= 0.3 is 0 Å². The van der Waals surface area contributed by atoms with Crippen LogP contribution >= 0.6 is 12.4 Å². The highest BCUT2D eigenvalue weighted by Gasteiger charge is 2.05. The van der Waals surface area contributed by atoms with E-state index in [1.165, 1.54) is 18.4 Å². The first-order chi connectivity index (χ1) is 6.34. The number of hydrogen-bond acceptors (Lipinski definition) is 3. The molecule has 2 heterocycles. The molecule has 0 radical (unpaired) electrons. The molecular weight excluding hydrogens is 200 g/mol. The number of aryl methyl sites for hydroxylation is 1. The molecule has 1 aliphatic heterocycles. The molecule has 0 saturated carbocycles. The number of piperidine rings is 1. The van der Waals surface area contributed by atoms with Crippen molar-refractivity contribution in [2.45, 2.75) is 19.8 Å². The monoisotopic (exact) mass is 214 g/mol. The minimum absolute atomic E-state index is 0. The number of nitrogens with zero attached hydrogens (tertiary/aromatic N) is 1. The van der Waals surface area contributed by atoms with E-state index in [2.05, 4.69) is 16.5 Å². The van der Waals surface area contributed by atoms with Crippen molar-refractivity contribution < 1.29 is 4.52 Å². The van der Waals surface area contributed by atoms with Gasteiger partial charge in [-0.1, -0.05) is 10.7 Å². The Morgan fingerprint density at radius 1 is 1.57 bits per heavy atom. The Bertz CT molecular complexity index is 312. The highest BCUT2D eigenvalue weighted by Crippen LogP contribution is 2.14. The van der Waals surface area contributed by atoms with Crippen LogP contribution in [0, 0.1) is 6.92 Å². The number of hydrogen-bond donors (Lipinski definition) is 1. The summed E-state index contributed by atoms with van der Waals surface area (Å²) >= 11 is 0. The lowest BCUT2D eigenvalue weighted by molar-refractivity contribution is 0.407. The standard InChI is InChI=1S/C10H14N2O.ClH/c1-8-5-10(13-12-8)6-9-3-2-4-11-7-9;/h5-6,11H,2-4,7H2,1H3;1H/b9-6+;. The second kappa shape index (κ2) is 5.17.